The number of carbonyl (C=O) groups excluding carboxylic acids is 3. The van der Waals surface area contributed by atoms with Crippen molar-refractivity contribution in [2.45, 2.75) is 19.4 Å². The summed E-state index contributed by atoms with van der Waals surface area (Å²) in [5, 5.41) is 2.39. The molecule has 7 nitrogen and oxygen atoms in total. The number of esters is 1. The van der Waals surface area contributed by atoms with Crippen molar-refractivity contribution in [3.8, 4) is 5.75 Å². The maximum atomic E-state index is 12.1. The number of hydrogen-bond donors (Lipinski definition) is 2. The van der Waals surface area contributed by atoms with Crippen molar-refractivity contribution in [3.05, 3.63) is 28.8 Å². The Morgan fingerprint density at radius 2 is 2.18 bits per heavy atom. The van der Waals surface area contributed by atoms with Crippen molar-refractivity contribution in [1.82, 2.24) is 5.32 Å². The fourth-order valence-corrected chi connectivity index (χ4v) is 2.26. The second kappa shape index (κ2) is 6.65. The molecule has 22 heavy (non-hydrogen) atoms. The third-order valence-corrected chi connectivity index (χ3v) is 3.41. The van der Waals surface area contributed by atoms with Crippen LogP contribution in [0.1, 0.15) is 12.5 Å². The fraction of sp³-hybridized carbons (Fsp3) is 0.357. The summed E-state index contributed by atoms with van der Waals surface area (Å²) in [6, 6.07) is 4.16. The normalized spacial score (nSPS) is 17.6. The number of urea groups is 1. The number of ether oxygens (including phenoxy) is 2. The Kier molecular flexibility index (Phi) is 4.87. The van der Waals surface area contributed by atoms with Crippen LogP contribution in [-0.2, 0) is 20.7 Å². The van der Waals surface area contributed by atoms with Gasteiger partial charge in [-0.1, -0.05) is 11.6 Å². The smallest absolute Gasteiger partial charge is 0.318 e. The highest BCUT2D eigenvalue weighted by Gasteiger charge is 2.30. The second-order valence-electron chi connectivity index (χ2n) is 4.90. The lowest BCUT2D eigenvalue weighted by atomic mass is 9.97. The number of carbonyl (C=O) groups is 3. The summed E-state index contributed by atoms with van der Waals surface area (Å²) >= 11 is 5.91. The molecule has 0 radical (unpaired) electrons. The molecule has 0 saturated heterocycles. The summed E-state index contributed by atoms with van der Waals surface area (Å²) in [4.78, 5) is 34.1. The number of rotatable bonds is 3. The van der Waals surface area contributed by atoms with E-state index in [1.54, 1.807) is 18.2 Å². The Morgan fingerprint density at radius 1 is 1.45 bits per heavy atom. The molecule has 3 N–H and O–H groups in total. The van der Waals surface area contributed by atoms with E-state index < -0.39 is 29.9 Å². The molecule has 0 unspecified atom stereocenters. The van der Waals surface area contributed by atoms with Crippen molar-refractivity contribution < 1.29 is 23.9 Å². The molecule has 0 saturated carbocycles. The second-order valence-corrected chi connectivity index (χ2v) is 5.33. The van der Waals surface area contributed by atoms with Crippen LogP contribution in [0.25, 0.3) is 0 Å². The van der Waals surface area contributed by atoms with Gasteiger partial charge in [-0.15, -0.1) is 0 Å². The average molecular weight is 327 g/mol. The van der Waals surface area contributed by atoms with E-state index in [-0.39, 0.29) is 6.61 Å². The first-order chi connectivity index (χ1) is 10.4. The van der Waals surface area contributed by atoms with Crippen LogP contribution < -0.4 is 15.8 Å². The zero-order valence-corrected chi connectivity index (χ0v) is 12.6. The van der Waals surface area contributed by atoms with Crippen LogP contribution in [0.5, 0.6) is 5.75 Å². The molecule has 0 bridgehead atoms. The van der Waals surface area contributed by atoms with Crippen molar-refractivity contribution >= 4 is 29.5 Å². The van der Waals surface area contributed by atoms with E-state index in [0.717, 1.165) is 5.56 Å². The van der Waals surface area contributed by atoms with E-state index >= 15 is 0 Å². The summed E-state index contributed by atoms with van der Waals surface area (Å²) in [7, 11) is 0. The highest BCUT2D eigenvalue weighted by molar-refractivity contribution is 6.30. The zero-order chi connectivity index (χ0) is 16.3. The lowest BCUT2D eigenvalue weighted by molar-refractivity contribution is -0.159. The van der Waals surface area contributed by atoms with Gasteiger partial charge in [-0.25, -0.2) is 4.79 Å². The minimum atomic E-state index is -1.12. The monoisotopic (exact) mass is 326 g/mol. The summed E-state index contributed by atoms with van der Waals surface area (Å²) in [6.45, 7) is 1.50. The molecule has 1 heterocycles. The molecule has 1 aromatic carbocycles. The Morgan fingerprint density at radius 3 is 2.86 bits per heavy atom. The number of primary amides is 1. The van der Waals surface area contributed by atoms with Gasteiger partial charge in [0.05, 0.1) is 5.92 Å². The number of halogens is 1. The predicted octanol–water partition coefficient (Wildman–Crippen LogP) is 1.02. The minimum Gasteiger partial charge on any atom is -0.492 e. The minimum absolute atomic E-state index is 0.150. The Hall–Kier alpha value is -2.28. The van der Waals surface area contributed by atoms with E-state index in [9.17, 15) is 14.4 Å². The van der Waals surface area contributed by atoms with Gasteiger partial charge in [0, 0.05) is 5.02 Å². The standard InChI is InChI=1S/C14H15ClN2O5/c1-7(12(18)17-14(16)20)22-13(19)9-4-8-5-10(15)2-3-11(8)21-6-9/h2-3,5,7,9H,4,6H2,1H3,(H3,16,17,18,20)/t7-,9-/m1/s1. The summed E-state index contributed by atoms with van der Waals surface area (Å²) in [5.74, 6) is -1.23. The van der Waals surface area contributed by atoms with Gasteiger partial charge in [0.15, 0.2) is 6.10 Å². The van der Waals surface area contributed by atoms with Crippen LogP contribution in [0.4, 0.5) is 4.79 Å². The van der Waals surface area contributed by atoms with Gasteiger partial charge in [0.2, 0.25) is 0 Å². The lowest BCUT2D eigenvalue weighted by Gasteiger charge is -2.25. The van der Waals surface area contributed by atoms with Gasteiger partial charge < -0.3 is 15.2 Å². The third-order valence-electron chi connectivity index (χ3n) is 3.17. The van der Waals surface area contributed by atoms with Crippen molar-refractivity contribution in [2.24, 2.45) is 11.7 Å². The Bertz CT molecular complexity index is 619. The Labute approximate surface area is 131 Å². The van der Waals surface area contributed by atoms with Gasteiger partial charge in [-0.05, 0) is 37.1 Å². The molecule has 0 aliphatic carbocycles. The van der Waals surface area contributed by atoms with Gasteiger partial charge in [0.25, 0.3) is 5.91 Å². The topological polar surface area (TPSA) is 108 Å². The maximum absolute atomic E-state index is 12.1. The van der Waals surface area contributed by atoms with E-state index in [4.69, 9.17) is 26.8 Å². The summed E-state index contributed by atoms with van der Waals surface area (Å²) < 4.78 is 10.5. The molecular weight excluding hydrogens is 312 g/mol. The average Bonchev–Trinajstić information content (AvgIpc) is 2.45. The number of amides is 3. The maximum Gasteiger partial charge on any atom is 0.318 e. The summed E-state index contributed by atoms with van der Waals surface area (Å²) in [5.41, 5.74) is 5.63. The first-order valence-electron chi connectivity index (χ1n) is 6.59. The number of fused-ring (bicyclic) bond motifs is 1. The lowest BCUT2D eigenvalue weighted by Crippen LogP contribution is -2.43. The molecule has 1 aliphatic rings. The Balaban J connectivity index is 1.97. The molecule has 118 valence electrons. The number of benzene rings is 1. The van der Waals surface area contributed by atoms with Crippen molar-refractivity contribution in [3.63, 3.8) is 0 Å². The molecule has 8 heteroatoms. The largest absolute Gasteiger partial charge is 0.492 e. The van der Waals surface area contributed by atoms with Gasteiger partial charge in [-0.2, -0.15) is 0 Å². The first kappa shape index (κ1) is 16.1. The van der Waals surface area contributed by atoms with Gasteiger partial charge >= 0.3 is 12.0 Å². The predicted molar refractivity (Wildman–Crippen MR) is 77.4 cm³/mol. The SMILES string of the molecule is C[C@@H](OC(=O)[C@H]1COc2ccc(Cl)cc2C1)C(=O)NC(N)=O. The van der Waals surface area contributed by atoms with Crippen LogP contribution in [-0.4, -0.2) is 30.6 Å². The molecule has 1 aromatic rings. The molecule has 0 aromatic heterocycles. The molecule has 3 amide bonds. The number of imide groups is 1. The van der Waals surface area contributed by atoms with Crippen LogP contribution in [0.2, 0.25) is 5.02 Å². The van der Waals surface area contributed by atoms with E-state index in [0.29, 0.717) is 17.2 Å². The quantitative estimate of drug-likeness (QED) is 0.806. The molecule has 2 rings (SSSR count). The molecule has 2 atom stereocenters. The van der Waals surface area contributed by atoms with Gasteiger partial charge in [-0.3, -0.25) is 14.9 Å². The third kappa shape index (κ3) is 3.88. The van der Waals surface area contributed by atoms with Crippen molar-refractivity contribution in [1.29, 1.82) is 0 Å². The van der Waals surface area contributed by atoms with Crippen LogP contribution in [0.3, 0.4) is 0 Å². The van der Waals surface area contributed by atoms with Crippen LogP contribution in [0, 0.1) is 5.92 Å². The van der Waals surface area contributed by atoms with Gasteiger partial charge in [0.1, 0.15) is 12.4 Å². The van der Waals surface area contributed by atoms with Crippen LogP contribution >= 0.6 is 11.6 Å². The molecule has 0 spiro atoms. The summed E-state index contributed by atoms with van der Waals surface area (Å²) in [6.07, 6.45) is -0.723. The zero-order valence-electron chi connectivity index (χ0n) is 11.8. The molecular formula is C14H15ClN2O5. The van der Waals surface area contributed by atoms with Crippen molar-refractivity contribution in [2.75, 3.05) is 6.61 Å². The van der Waals surface area contributed by atoms with E-state index in [1.807, 2.05) is 5.32 Å². The van der Waals surface area contributed by atoms with Crippen LogP contribution in [0.15, 0.2) is 18.2 Å². The fourth-order valence-electron chi connectivity index (χ4n) is 2.06. The van der Waals surface area contributed by atoms with E-state index in [1.165, 1.54) is 6.92 Å². The highest BCUT2D eigenvalue weighted by atomic mass is 35.5. The first-order valence-corrected chi connectivity index (χ1v) is 6.96. The number of nitrogens with two attached hydrogens (primary N) is 1. The number of hydrogen-bond acceptors (Lipinski definition) is 5. The van der Waals surface area contributed by atoms with E-state index in [2.05, 4.69) is 0 Å². The number of nitrogens with one attached hydrogen (secondary N) is 1. The highest BCUT2D eigenvalue weighted by Crippen LogP contribution is 2.30. The molecule has 0 fully saturated rings. The molecule has 1 aliphatic heterocycles.